The van der Waals surface area contributed by atoms with E-state index in [1.807, 2.05) is 0 Å². The summed E-state index contributed by atoms with van der Waals surface area (Å²) in [6, 6.07) is 0. The van der Waals surface area contributed by atoms with Crippen LogP contribution < -0.4 is 0 Å². The Morgan fingerprint density at radius 1 is 0.394 bits per heavy atom. The molecule has 0 aromatic carbocycles. The third-order valence-corrected chi connectivity index (χ3v) is 10.7. The van der Waals surface area contributed by atoms with Gasteiger partial charge in [0.1, 0.15) is 0 Å². The lowest BCUT2D eigenvalue weighted by molar-refractivity contribution is -0.0423. The lowest BCUT2D eigenvalue weighted by Gasteiger charge is -2.52. The molecule has 0 aromatic rings. The van der Waals surface area contributed by atoms with Crippen molar-refractivity contribution < 1.29 is 20.4 Å². The van der Waals surface area contributed by atoms with Crippen molar-refractivity contribution in [2.24, 2.45) is 29.1 Å². The van der Waals surface area contributed by atoms with E-state index in [0.717, 1.165) is 63.2 Å². The monoisotopic (exact) mass is 464 g/mol. The molecule has 33 heavy (non-hydrogen) atoms. The van der Waals surface area contributed by atoms with Gasteiger partial charge in [0.25, 0.3) is 0 Å². The second kappa shape index (κ2) is 12.2. The van der Waals surface area contributed by atoms with Crippen molar-refractivity contribution in [3.8, 4) is 0 Å². The molecule has 0 atom stereocenters. The summed E-state index contributed by atoms with van der Waals surface area (Å²) in [6.45, 7) is 0. The van der Waals surface area contributed by atoms with Crippen LogP contribution in [0.25, 0.3) is 0 Å². The third-order valence-electron chi connectivity index (χ3n) is 10.7. The van der Waals surface area contributed by atoms with Gasteiger partial charge in [0.2, 0.25) is 0 Å². The molecule has 4 rings (SSSR count). The molecule has 0 aromatic heterocycles. The third kappa shape index (κ3) is 6.96. The Balaban J connectivity index is 1.50. The van der Waals surface area contributed by atoms with E-state index in [0.29, 0.717) is 17.3 Å². The smallest absolute Gasteiger partial charge is 0.0540 e. The van der Waals surface area contributed by atoms with Gasteiger partial charge in [-0.2, -0.15) is 0 Å². The number of hydrogen-bond acceptors (Lipinski definition) is 4. The van der Waals surface area contributed by atoms with Crippen LogP contribution in [0.1, 0.15) is 128 Å². The molecule has 192 valence electrons. The molecule has 0 unspecified atom stereocenters. The van der Waals surface area contributed by atoms with Crippen molar-refractivity contribution in [1.29, 1.82) is 0 Å². The largest absolute Gasteiger partial charge is 0.393 e. The number of rotatable bonds is 8. The van der Waals surface area contributed by atoms with Crippen molar-refractivity contribution >= 4 is 0 Å². The van der Waals surface area contributed by atoms with Crippen LogP contribution in [0.15, 0.2) is 0 Å². The maximum absolute atomic E-state index is 10.3. The zero-order chi connectivity index (χ0) is 23.3. The SMILES string of the molecule is OC1CCC(CCC(CCC2CCC(O)CC2)(C2CCC(O)CC2)C2CCC(O)CC2)CC1. The van der Waals surface area contributed by atoms with Crippen LogP contribution in [-0.2, 0) is 0 Å². The lowest BCUT2D eigenvalue weighted by atomic mass is 9.54. The number of aliphatic hydroxyl groups excluding tert-OH is 4. The van der Waals surface area contributed by atoms with Gasteiger partial charge in [0.15, 0.2) is 0 Å². The van der Waals surface area contributed by atoms with Gasteiger partial charge in [-0.15, -0.1) is 0 Å². The second-order valence-corrected chi connectivity index (χ2v) is 12.7. The van der Waals surface area contributed by atoms with E-state index in [1.54, 1.807) is 0 Å². The summed E-state index contributed by atoms with van der Waals surface area (Å²) in [4.78, 5) is 0. The van der Waals surface area contributed by atoms with Gasteiger partial charge >= 0.3 is 0 Å². The van der Waals surface area contributed by atoms with Crippen molar-refractivity contribution in [3.05, 3.63) is 0 Å². The van der Waals surface area contributed by atoms with Crippen molar-refractivity contribution in [3.63, 3.8) is 0 Å². The lowest BCUT2D eigenvalue weighted by Crippen LogP contribution is -2.43. The van der Waals surface area contributed by atoms with Crippen LogP contribution in [0.2, 0.25) is 0 Å². The average Bonchev–Trinajstić information content (AvgIpc) is 2.83. The predicted molar refractivity (Wildman–Crippen MR) is 133 cm³/mol. The van der Waals surface area contributed by atoms with E-state index in [2.05, 4.69) is 0 Å². The van der Waals surface area contributed by atoms with Crippen LogP contribution in [-0.4, -0.2) is 44.8 Å². The molecule has 4 saturated carbocycles. The maximum atomic E-state index is 10.3. The van der Waals surface area contributed by atoms with Crippen molar-refractivity contribution in [2.45, 2.75) is 153 Å². The topological polar surface area (TPSA) is 80.9 Å². The fourth-order valence-electron chi connectivity index (χ4n) is 8.39. The fraction of sp³-hybridized carbons (Fsp3) is 1.00. The highest BCUT2D eigenvalue weighted by Crippen LogP contribution is 2.56. The summed E-state index contributed by atoms with van der Waals surface area (Å²) in [7, 11) is 0. The quantitative estimate of drug-likeness (QED) is 0.369. The number of hydrogen-bond donors (Lipinski definition) is 4. The minimum atomic E-state index is -0.105. The zero-order valence-electron chi connectivity index (χ0n) is 21.0. The summed E-state index contributed by atoms with van der Waals surface area (Å²) in [5, 5.41) is 40.5. The fourth-order valence-corrected chi connectivity index (χ4v) is 8.39. The maximum Gasteiger partial charge on any atom is 0.0540 e. The van der Waals surface area contributed by atoms with E-state index in [4.69, 9.17) is 0 Å². The first-order chi connectivity index (χ1) is 15.9. The molecule has 0 spiro atoms. The first kappa shape index (κ1) is 25.9. The molecule has 4 aliphatic rings. The Hall–Kier alpha value is -0.160. The van der Waals surface area contributed by atoms with Crippen LogP contribution >= 0.6 is 0 Å². The van der Waals surface area contributed by atoms with Crippen LogP contribution in [0.5, 0.6) is 0 Å². The molecule has 4 heteroatoms. The highest BCUT2D eigenvalue weighted by molar-refractivity contribution is 4.97. The van der Waals surface area contributed by atoms with E-state index < -0.39 is 0 Å². The summed E-state index contributed by atoms with van der Waals surface area (Å²) in [5.41, 5.74) is 0.354. The van der Waals surface area contributed by atoms with Gasteiger partial charge in [-0.05, 0) is 158 Å². The Labute approximate surface area is 202 Å². The molecule has 4 fully saturated rings. The summed E-state index contributed by atoms with van der Waals surface area (Å²) in [6.07, 6.45) is 22.1. The van der Waals surface area contributed by atoms with E-state index >= 15 is 0 Å². The minimum absolute atomic E-state index is 0.0766. The van der Waals surface area contributed by atoms with Crippen LogP contribution in [0.4, 0.5) is 0 Å². The normalized spacial score (nSPS) is 42.5. The second-order valence-electron chi connectivity index (χ2n) is 12.7. The van der Waals surface area contributed by atoms with Gasteiger partial charge in [-0.25, -0.2) is 0 Å². The molecule has 0 amide bonds. The summed E-state index contributed by atoms with van der Waals surface area (Å²) in [5.74, 6) is 2.95. The Morgan fingerprint density at radius 3 is 0.970 bits per heavy atom. The average molecular weight is 465 g/mol. The van der Waals surface area contributed by atoms with E-state index in [-0.39, 0.29) is 24.4 Å². The molecule has 0 heterocycles. The number of aliphatic hydroxyl groups is 4. The van der Waals surface area contributed by atoms with E-state index in [9.17, 15) is 20.4 Å². The Morgan fingerprint density at radius 2 is 0.667 bits per heavy atom. The molecular formula is C29H52O4. The van der Waals surface area contributed by atoms with Crippen LogP contribution in [0.3, 0.4) is 0 Å². The molecule has 0 bridgehead atoms. The first-order valence-electron chi connectivity index (χ1n) is 14.7. The highest BCUT2D eigenvalue weighted by atomic mass is 16.3. The molecule has 0 aliphatic heterocycles. The van der Waals surface area contributed by atoms with Crippen molar-refractivity contribution in [2.75, 3.05) is 0 Å². The van der Waals surface area contributed by atoms with Gasteiger partial charge in [0.05, 0.1) is 24.4 Å². The van der Waals surface area contributed by atoms with Gasteiger partial charge in [-0.3, -0.25) is 0 Å². The van der Waals surface area contributed by atoms with Crippen molar-refractivity contribution in [1.82, 2.24) is 0 Å². The van der Waals surface area contributed by atoms with Gasteiger partial charge in [0, 0.05) is 0 Å². The van der Waals surface area contributed by atoms with E-state index in [1.165, 1.54) is 77.0 Å². The van der Waals surface area contributed by atoms with Gasteiger partial charge < -0.3 is 20.4 Å². The molecule has 0 radical (unpaired) electrons. The molecule has 4 aliphatic carbocycles. The summed E-state index contributed by atoms with van der Waals surface area (Å²) >= 11 is 0. The molecular weight excluding hydrogens is 412 g/mol. The molecule has 4 nitrogen and oxygen atoms in total. The summed E-state index contributed by atoms with van der Waals surface area (Å²) < 4.78 is 0. The first-order valence-corrected chi connectivity index (χ1v) is 14.7. The Kier molecular flexibility index (Phi) is 9.58. The highest BCUT2D eigenvalue weighted by Gasteiger charge is 2.47. The molecule has 0 saturated heterocycles. The zero-order valence-corrected chi connectivity index (χ0v) is 21.0. The minimum Gasteiger partial charge on any atom is -0.393 e. The molecule has 4 N–H and O–H groups in total. The standard InChI is InChI=1S/C29H52O4/c30-25-9-1-21(2-10-25)17-19-29(23-5-13-27(32)14-6-23,24-7-15-28(33)16-8-24)20-18-22-3-11-26(31)12-4-22/h21-28,30-33H,1-20H2. The Bertz CT molecular complexity index is 498. The predicted octanol–water partition coefficient (Wildman–Crippen LogP) is 5.74. The van der Waals surface area contributed by atoms with Gasteiger partial charge in [-0.1, -0.05) is 0 Å². The van der Waals surface area contributed by atoms with Crippen LogP contribution in [0, 0.1) is 29.1 Å².